The number of rotatable bonds is 3. The van der Waals surface area contributed by atoms with Crippen LogP contribution in [0.4, 0.5) is 0 Å². The van der Waals surface area contributed by atoms with Gasteiger partial charge >= 0.3 is 0 Å². The summed E-state index contributed by atoms with van der Waals surface area (Å²) >= 11 is 3.71. The Bertz CT molecular complexity index is 354. The van der Waals surface area contributed by atoms with Gasteiger partial charge in [-0.2, -0.15) is 0 Å². The van der Waals surface area contributed by atoms with Crippen LogP contribution in [0.15, 0.2) is 28.7 Å². The molecule has 1 fully saturated rings. The first-order valence-electron chi connectivity index (χ1n) is 6.04. The minimum atomic E-state index is 0.379. The van der Waals surface area contributed by atoms with Crippen LogP contribution in [-0.4, -0.2) is 25.5 Å². The number of likely N-dealkylation sites (N-methyl/N-ethyl adjacent to an activating group) is 1. The van der Waals surface area contributed by atoms with Gasteiger partial charge in [-0.1, -0.05) is 47.0 Å². The van der Waals surface area contributed by atoms with Crippen molar-refractivity contribution in [3.8, 4) is 0 Å². The molecule has 0 aromatic heterocycles. The van der Waals surface area contributed by atoms with E-state index in [2.05, 4.69) is 59.2 Å². The van der Waals surface area contributed by atoms with Crippen LogP contribution in [0.3, 0.4) is 0 Å². The Hall–Kier alpha value is -0.340. The first-order valence-corrected chi connectivity index (χ1v) is 6.83. The van der Waals surface area contributed by atoms with E-state index in [0.717, 1.165) is 6.54 Å². The Balaban J connectivity index is 2.36. The third-order valence-electron chi connectivity index (χ3n) is 3.62. The summed E-state index contributed by atoms with van der Waals surface area (Å²) in [5.41, 5.74) is 1.88. The standard InChI is InChI=1S/C14H20BrN/c1-16(2)11-14(9-5-6-10-14)12-7-3-4-8-13(12)15/h3-4,7-8H,5-6,9-11H2,1-2H3. The van der Waals surface area contributed by atoms with Gasteiger partial charge in [-0.25, -0.2) is 0 Å². The molecule has 0 N–H and O–H groups in total. The first kappa shape index (κ1) is 12.1. The fourth-order valence-electron chi connectivity index (χ4n) is 3.06. The van der Waals surface area contributed by atoms with E-state index in [-0.39, 0.29) is 0 Å². The van der Waals surface area contributed by atoms with Gasteiger partial charge in [-0.3, -0.25) is 0 Å². The van der Waals surface area contributed by atoms with Crippen molar-refractivity contribution in [2.24, 2.45) is 0 Å². The zero-order chi connectivity index (χ0) is 11.6. The van der Waals surface area contributed by atoms with E-state index in [0.29, 0.717) is 5.41 Å². The lowest BCUT2D eigenvalue weighted by Crippen LogP contribution is -2.35. The lowest BCUT2D eigenvalue weighted by atomic mass is 9.78. The predicted molar refractivity (Wildman–Crippen MR) is 72.8 cm³/mol. The highest BCUT2D eigenvalue weighted by atomic mass is 79.9. The van der Waals surface area contributed by atoms with E-state index in [1.165, 1.54) is 35.7 Å². The largest absolute Gasteiger partial charge is 0.309 e. The minimum absolute atomic E-state index is 0.379. The van der Waals surface area contributed by atoms with Crippen molar-refractivity contribution < 1.29 is 0 Å². The molecule has 2 rings (SSSR count). The molecule has 1 nitrogen and oxygen atoms in total. The SMILES string of the molecule is CN(C)CC1(c2ccccc2Br)CCCC1. The van der Waals surface area contributed by atoms with Gasteiger partial charge in [0, 0.05) is 16.4 Å². The highest BCUT2D eigenvalue weighted by Gasteiger charge is 2.37. The van der Waals surface area contributed by atoms with Crippen molar-refractivity contribution in [1.29, 1.82) is 0 Å². The van der Waals surface area contributed by atoms with Gasteiger partial charge < -0.3 is 4.90 Å². The average Bonchev–Trinajstić information content (AvgIpc) is 2.67. The number of nitrogens with zero attached hydrogens (tertiary/aromatic N) is 1. The lowest BCUT2D eigenvalue weighted by Gasteiger charge is -2.33. The fourth-order valence-corrected chi connectivity index (χ4v) is 3.77. The highest BCUT2D eigenvalue weighted by molar-refractivity contribution is 9.10. The van der Waals surface area contributed by atoms with E-state index in [1.54, 1.807) is 0 Å². The van der Waals surface area contributed by atoms with Crippen molar-refractivity contribution in [2.75, 3.05) is 20.6 Å². The molecule has 0 atom stereocenters. The van der Waals surface area contributed by atoms with Crippen LogP contribution < -0.4 is 0 Å². The molecular weight excluding hydrogens is 262 g/mol. The second kappa shape index (κ2) is 4.89. The van der Waals surface area contributed by atoms with Gasteiger partial charge in [0.15, 0.2) is 0 Å². The summed E-state index contributed by atoms with van der Waals surface area (Å²) in [7, 11) is 4.35. The zero-order valence-electron chi connectivity index (χ0n) is 10.2. The Morgan fingerprint density at radius 1 is 1.19 bits per heavy atom. The second-order valence-corrected chi connectivity index (χ2v) is 6.06. The molecule has 1 aromatic rings. The predicted octanol–water partition coefficient (Wildman–Crippen LogP) is 3.82. The van der Waals surface area contributed by atoms with Gasteiger partial charge in [0.05, 0.1) is 0 Å². The van der Waals surface area contributed by atoms with Crippen molar-refractivity contribution in [3.63, 3.8) is 0 Å². The quantitative estimate of drug-likeness (QED) is 0.814. The van der Waals surface area contributed by atoms with Gasteiger partial charge in [0.25, 0.3) is 0 Å². The molecule has 88 valence electrons. The van der Waals surface area contributed by atoms with Crippen LogP contribution in [0.1, 0.15) is 31.2 Å². The van der Waals surface area contributed by atoms with Crippen molar-refractivity contribution in [2.45, 2.75) is 31.1 Å². The molecule has 0 bridgehead atoms. The number of benzene rings is 1. The fraction of sp³-hybridized carbons (Fsp3) is 0.571. The molecule has 1 aliphatic carbocycles. The van der Waals surface area contributed by atoms with Crippen LogP contribution in [0.2, 0.25) is 0 Å². The number of hydrogen-bond donors (Lipinski definition) is 0. The van der Waals surface area contributed by atoms with Crippen molar-refractivity contribution >= 4 is 15.9 Å². The average molecular weight is 282 g/mol. The minimum Gasteiger partial charge on any atom is -0.309 e. The van der Waals surface area contributed by atoms with Crippen molar-refractivity contribution in [1.82, 2.24) is 4.90 Å². The first-order chi connectivity index (χ1) is 7.64. The number of hydrogen-bond acceptors (Lipinski definition) is 1. The van der Waals surface area contributed by atoms with Crippen LogP contribution in [0.5, 0.6) is 0 Å². The van der Waals surface area contributed by atoms with E-state index in [9.17, 15) is 0 Å². The molecule has 1 aliphatic rings. The summed E-state index contributed by atoms with van der Waals surface area (Å²) in [6.07, 6.45) is 5.39. The Morgan fingerprint density at radius 2 is 1.81 bits per heavy atom. The summed E-state index contributed by atoms with van der Waals surface area (Å²) in [4.78, 5) is 2.32. The Kier molecular flexibility index (Phi) is 3.70. The van der Waals surface area contributed by atoms with Crippen molar-refractivity contribution in [3.05, 3.63) is 34.3 Å². The normalized spacial score (nSPS) is 19.2. The summed E-state index contributed by atoms with van der Waals surface area (Å²) in [5, 5.41) is 0. The molecule has 0 spiro atoms. The third kappa shape index (κ3) is 2.33. The summed E-state index contributed by atoms with van der Waals surface area (Å²) in [6.45, 7) is 1.16. The third-order valence-corrected chi connectivity index (χ3v) is 4.32. The molecule has 0 heterocycles. The molecule has 1 aromatic carbocycles. The lowest BCUT2D eigenvalue weighted by molar-refractivity contribution is 0.283. The van der Waals surface area contributed by atoms with E-state index in [4.69, 9.17) is 0 Å². The Labute approximate surface area is 107 Å². The van der Waals surface area contributed by atoms with Gasteiger partial charge in [-0.15, -0.1) is 0 Å². The highest BCUT2D eigenvalue weighted by Crippen LogP contribution is 2.44. The molecule has 1 saturated carbocycles. The van der Waals surface area contributed by atoms with Gasteiger partial charge in [0.1, 0.15) is 0 Å². The molecule has 0 unspecified atom stereocenters. The maximum absolute atomic E-state index is 3.71. The van der Waals surface area contributed by atoms with E-state index < -0.39 is 0 Å². The molecule has 16 heavy (non-hydrogen) atoms. The second-order valence-electron chi connectivity index (χ2n) is 5.21. The topological polar surface area (TPSA) is 3.24 Å². The van der Waals surface area contributed by atoms with Crippen LogP contribution >= 0.6 is 15.9 Å². The van der Waals surface area contributed by atoms with Gasteiger partial charge in [0.2, 0.25) is 0 Å². The zero-order valence-corrected chi connectivity index (χ0v) is 11.8. The summed E-state index contributed by atoms with van der Waals surface area (Å²) in [5.74, 6) is 0. The summed E-state index contributed by atoms with van der Waals surface area (Å²) < 4.78 is 1.28. The summed E-state index contributed by atoms with van der Waals surface area (Å²) in [6, 6.07) is 8.73. The smallest absolute Gasteiger partial charge is 0.0213 e. The Morgan fingerprint density at radius 3 is 2.38 bits per heavy atom. The molecular formula is C14H20BrN. The van der Waals surface area contributed by atoms with E-state index >= 15 is 0 Å². The maximum atomic E-state index is 3.71. The molecule has 0 aliphatic heterocycles. The molecule has 0 amide bonds. The van der Waals surface area contributed by atoms with Crippen LogP contribution in [0.25, 0.3) is 0 Å². The molecule has 0 radical (unpaired) electrons. The van der Waals surface area contributed by atoms with Gasteiger partial charge in [-0.05, 0) is 38.6 Å². The van der Waals surface area contributed by atoms with Crippen LogP contribution in [0, 0.1) is 0 Å². The molecule has 2 heteroatoms. The monoisotopic (exact) mass is 281 g/mol. The van der Waals surface area contributed by atoms with Crippen LogP contribution in [-0.2, 0) is 5.41 Å². The number of halogens is 1. The maximum Gasteiger partial charge on any atom is 0.0213 e. The molecule has 0 saturated heterocycles. The van der Waals surface area contributed by atoms with E-state index in [1.807, 2.05) is 0 Å².